The maximum atomic E-state index is 6.21. The fourth-order valence-electron chi connectivity index (χ4n) is 3.63. The molecule has 0 aromatic heterocycles. The van der Waals surface area contributed by atoms with Crippen molar-refractivity contribution < 1.29 is 18.9 Å². The van der Waals surface area contributed by atoms with Crippen molar-refractivity contribution in [2.45, 2.75) is 143 Å². The summed E-state index contributed by atoms with van der Waals surface area (Å²) in [6.45, 7) is 11.0. The molecule has 0 heterocycles. The second-order valence-corrected chi connectivity index (χ2v) is 8.86. The van der Waals surface area contributed by atoms with Crippen LogP contribution in [0.4, 0.5) is 0 Å². The van der Waals surface area contributed by atoms with E-state index >= 15 is 0 Å². The maximum Gasteiger partial charge on any atom is 0.321 e. The lowest BCUT2D eigenvalue weighted by molar-refractivity contribution is -0.0811. The van der Waals surface area contributed by atoms with Crippen LogP contribution >= 0.6 is 0 Å². The van der Waals surface area contributed by atoms with Crippen molar-refractivity contribution in [2.75, 3.05) is 26.6 Å². The molecule has 0 aliphatic rings. The third-order valence-corrected chi connectivity index (χ3v) is 5.72. The summed E-state index contributed by atoms with van der Waals surface area (Å²) in [5, 5.41) is 0. The van der Waals surface area contributed by atoms with Gasteiger partial charge in [-0.2, -0.15) is 0 Å². The van der Waals surface area contributed by atoms with Gasteiger partial charge in [-0.3, -0.25) is 0 Å². The topological polar surface area (TPSA) is 36.9 Å². The lowest BCUT2D eigenvalue weighted by atomic mass is 10.1. The summed E-state index contributed by atoms with van der Waals surface area (Å²) >= 11 is 0. The van der Waals surface area contributed by atoms with Crippen molar-refractivity contribution in [1.82, 2.24) is 0 Å². The molecule has 0 amide bonds. The second-order valence-electron chi connectivity index (χ2n) is 8.86. The van der Waals surface area contributed by atoms with E-state index in [4.69, 9.17) is 18.9 Å². The summed E-state index contributed by atoms with van der Waals surface area (Å²) in [6.07, 6.45) is 22.3. The van der Waals surface area contributed by atoms with Gasteiger partial charge in [-0.25, -0.2) is 0 Å². The largest absolute Gasteiger partial charge is 0.491 e. The number of unbranched alkanes of at least 4 members (excludes halogenated alkanes) is 14. The van der Waals surface area contributed by atoms with Crippen molar-refractivity contribution in [2.24, 2.45) is 0 Å². The number of rotatable bonds is 26. The van der Waals surface area contributed by atoms with E-state index in [1.165, 1.54) is 89.9 Å². The van der Waals surface area contributed by atoms with Gasteiger partial charge in [0, 0.05) is 13.0 Å². The van der Waals surface area contributed by atoms with Gasteiger partial charge in [-0.15, -0.1) is 0 Å². The quantitative estimate of drug-likeness (QED) is 0.0738. The molecule has 0 saturated heterocycles. The van der Waals surface area contributed by atoms with Gasteiger partial charge in [-0.05, 0) is 26.2 Å². The summed E-state index contributed by atoms with van der Waals surface area (Å²) in [7, 11) is 0. The normalized spacial score (nSPS) is 12.0. The zero-order chi connectivity index (χ0) is 23.5. The van der Waals surface area contributed by atoms with Crippen LogP contribution in [0.1, 0.15) is 143 Å². The minimum Gasteiger partial charge on any atom is -0.491 e. The molecule has 0 bridgehead atoms. The summed E-state index contributed by atoms with van der Waals surface area (Å²) in [5.41, 5.74) is 0. The summed E-state index contributed by atoms with van der Waals surface area (Å²) in [6, 6.07) is 0. The van der Waals surface area contributed by atoms with Crippen LogP contribution in [0.25, 0.3) is 0 Å². The number of hydrogen-bond donors (Lipinski definition) is 0. The molecule has 32 heavy (non-hydrogen) atoms. The molecule has 0 atom stereocenters. The van der Waals surface area contributed by atoms with E-state index in [0.717, 1.165) is 38.0 Å². The molecule has 0 spiro atoms. The zero-order valence-corrected chi connectivity index (χ0v) is 22.2. The molecule has 0 saturated carbocycles. The molecule has 0 aromatic rings. The van der Waals surface area contributed by atoms with Crippen molar-refractivity contribution in [3.8, 4) is 0 Å². The minimum absolute atomic E-state index is 0.223. The minimum atomic E-state index is 0.223. The SMILES string of the molecule is CCCCCCCCCOC(CCCCC)=C(OCCCCCCCCC)OCOCC. The summed E-state index contributed by atoms with van der Waals surface area (Å²) in [4.78, 5) is 0. The van der Waals surface area contributed by atoms with Gasteiger partial charge in [-0.1, -0.05) is 111 Å². The van der Waals surface area contributed by atoms with Crippen LogP contribution in [-0.4, -0.2) is 26.6 Å². The number of hydrogen-bond acceptors (Lipinski definition) is 4. The Balaban J connectivity index is 4.55. The molecule has 0 aliphatic heterocycles. The Hall–Kier alpha value is -0.900. The molecular formula is C28H56O4. The first-order chi connectivity index (χ1) is 15.8. The van der Waals surface area contributed by atoms with Crippen molar-refractivity contribution in [3.05, 3.63) is 11.7 Å². The van der Waals surface area contributed by atoms with E-state index in [9.17, 15) is 0 Å². The Morgan fingerprint density at radius 1 is 0.469 bits per heavy atom. The molecule has 0 aliphatic carbocycles. The van der Waals surface area contributed by atoms with E-state index in [2.05, 4.69) is 20.8 Å². The standard InChI is InChI=1S/C28H56O4/c1-5-9-12-14-16-18-21-24-30-27(23-20-11-7-3)28(32-26-29-8-4)31-25-22-19-17-15-13-10-6-2/h5-26H2,1-4H3. The van der Waals surface area contributed by atoms with E-state index in [1.54, 1.807) is 0 Å². The Kier molecular flexibility index (Phi) is 25.6. The first kappa shape index (κ1) is 31.1. The fourth-order valence-corrected chi connectivity index (χ4v) is 3.63. The zero-order valence-electron chi connectivity index (χ0n) is 22.2. The predicted octanol–water partition coefficient (Wildman–Crippen LogP) is 9.28. The third-order valence-electron chi connectivity index (χ3n) is 5.72. The van der Waals surface area contributed by atoms with Gasteiger partial charge in [0.05, 0.1) is 13.2 Å². The van der Waals surface area contributed by atoms with Gasteiger partial charge < -0.3 is 18.9 Å². The van der Waals surface area contributed by atoms with Gasteiger partial charge >= 0.3 is 5.95 Å². The van der Waals surface area contributed by atoms with Gasteiger partial charge in [0.1, 0.15) is 0 Å². The molecule has 0 radical (unpaired) electrons. The van der Waals surface area contributed by atoms with Gasteiger partial charge in [0.2, 0.25) is 0 Å². The van der Waals surface area contributed by atoms with Gasteiger partial charge in [0.25, 0.3) is 0 Å². The number of allylic oxidation sites excluding steroid dienone is 1. The molecule has 0 unspecified atom stereocenters. The van der Waals surface area contributed by atoms with Crippen LogP contribution in [0, 0.1) is 0 Å². The fraction of sp³-hybridized carbons (Fsp3) is 0.929. The third kappa shape index (κ3) is 21.0. The van der Waals surface area contributed by atoms with Crippen LogP contribution in [0.2, 0.25) is 0 Å². The average molecular weight is 457 g/mol. The van der Waals surface area contributed by atoms with Crippen LogP contribution in [0.3, 0.4) is 0 Å². The maximum absolute atomic E-state index is 6.21. The van der Waals surface area contributed by atoms with Crippen LogP contribution in [0.15, 0.2) is 11.7 Å². The highest BCUT2D eigenvalue weighted by Gasteiger charge is 2.13. The highest BCUT2D eigenvalue weighted by Crippen LogP contribution is 2.20. The molecule has 192 valence electrons. The van der Waals surface area contributed by atoms with Crippen LogP contribution < -0.4 is 0 Å². The first-order valence-electron chi connectivity index (χ1n) is 14.0. The molecule has 0 rings (SSSR count). The Morgan fingerprint density at radius 2 is 0.938 bits per heavy atom. The summed E-state index contributed by atoms with van der Waals surface area (Å²) < 4.78 is 23.6. The second kappa shape index (κ2) is 26.4. The Bertz CT molecular complexity index is 359. The molecule has 0 N–H and O–H groups in total. The lowest BCUT2D eigenvalue weighted by Crippen LogP contribution is -2.10. The molecule has 4 heteroatoms. The Morgan fingerprint density at radius 3 is 1.47 bits per heavy atom. The average Bonchev–Trinajstić information content (AvgIpc) is 2.80. The van der Waals surface area contributed by atoms with Gasteiger partial charge in [0.15, 0.2) is 12.6 Å². The molecule has 0 aromatic carbocycles. The first-order valence-corrected chi connectivity index (χ1v) is 14.0. The highest BCUT2D eigenvalue weighted by atomic mass is 16.7. The van der Waals surface area contributed by atoms with Crippen molar-refractivity contribution in [3.63, 3.8) is 0 Å². The monoisotopic (exact) mass is 456 g/mol. The lowest BCUT2D eigenvalue weighted by Gasteiger charge is -2.18. The van der Waals surface area contributed by atoms with Crippen molar-refractivity contribution in [1.29, 1.82) is 0 Å². The van der Waals surface area contributed by atoms with Crippen LogP contribution in [-0.2, 0) is 18.9 Å². The predicted molar refractivity (Wildman–Crippen MR) is 137 cm³/mol. The van der Waals surface area contributed by atoms with E-state index in [0.29, 0.717) is 19.2 Å². The van der Waals surface area contributed by atoms with Crippen molar-refractivity contribution >= 4 is 0 Å². The summed E-state index contributed by atoms with van der Waals surface area (Å²) in [5.74, 6) is 1.44. The Labute approximate surface area is 200 Å². The molecule has 4 nitrogen and oxygen atoms in total. The van der Waals surface area contributed by atoms with Crippen LogP contribution in [0.5, 0.6) is 0 Å². The van der Waals surface area contributed by atoms with E-state index < -0.39 is 0 Å². The number of ether oxygens (including phenoxy) is 4. The smallest absolute Gasteiger partial charge is 0.321 e. The molecular weight excluding hydrogens is 400 g/mol. The van der Waals surface area contributed by atoms with E-state index in [1.807, 2.05) is 6.92 Å². The van der Waals surface area contributed by atoms with E-state index in [-0.39, 0.29) is 6.79 Å². The highest BCUT2D eigenvalue weighted by molar-refractivity contribution is 4.95. The molecule has 0 fully saturated rings.